The van der Waals surface area contributed by atoms with Gasteiger partial charge in [0.15, 0.2) is 0 Å². The van der Waals surface area contributed by atoms with Crippen LogP contribution in [0, 0.1) is 0 Å². The summed E-state index contributed by atoms with van der Waals surface area (Å²) in [5, 5.41) is 5.51. The maximum atomic E-state index is 11.8. The summed E-state index contributed by atoms with van der Waals surface area (Å²) in [6, 6.07) is 0.165. The Kier molecular flexibility index (Phi) is 3.70. The first-order chi connectivity index (χ1) is 7.65. The Bertz CT molecular complexity index is 290. The van der Waals surface area contributed by atoms with E-state index < -0.39 is 0 Å². The Morgan fingerprint density at radius 2 is 2.06 bits per heavy atom. The van der Waals surface area contributed by atoms with Crippen molar-refractivity contribution in [1.29, 1.82) is 0 Å². The molecule has 90 valence electrons. The molecule has 1 saturated carbocycles. The average molecular weight is 243 g/mol. The molecule has 2 fully saturated rings. The van der Waals surface area contributed by atoms with Crippen LogP contribution in [0.3, 0.4) is 0 Å². The fraction of sp³-hybridized carbons (Fsp3) is 0.800. The van der Waals surface area contributed by atoms with E-state index in [-0.39, 0.29) is 29.3 Å². The van der Waals surface area contributed by atoms with Crippen molar-refractivity contribution in [2.45, 2.75) is 43.8 Å². The van der Waals surface area contributed by atoms with E-state index in [2.05, 4.69) is 10.6 Å². The van der Waals surface area contributed by atoms with Crippen LogP contribution in [0.2, 0.25) is 0 Å². The molecule has 0 spiro atoms. The Balaban J connectivity index is 1.77. The average Bonchev–Trinajstić information content (AvgIpc) is 2.68. The van der Waals surface area contributed by atoms with Crippen LogP contribution in [-0.2, 0) is 4.79 Å². The quantitative estimate of drug-likeness (QED) is 0.647. The van der Waals surface area contributed by atoms with Crippen LogP contribution in [0.5, 0.6) is 0 Å². The summed E-state index contributed by atoms with van der Waals surface area (Å²) in [5.41, 5.74) is 5.80. The molecule has 0 radical (unpaired) electrons. The van der Waals surface area contributed by atoms with E-state index in [0.717, 1.165) is 25.7 Å². The van der Waals surface area contributed by atoms with Crippen LogP contribution < -0.4 is 16.4 Å². The molecular weight excluding hydrogens is 226 g/mol. The van der Waals surface area contributed by atoms with Gasteiger partial charge < -0.3 is 16.4 Å². The number of rotatable bonds is 2. The molecule has 1 aliphatic heterocycles. The molecule has 0 aromatic heterocycles. The third-order valence-corrected chi connectivity index (χ3v) is 3.99. The van der Waals surface area contributed by atoms with Crippen molar-refractivity contribution >= 4 is 22.9 Å². The van der Waals surface area contributed by atoms with Gasteiger partial charge in [-0.1, -0.05) is 11.8 Å². The molecule has 1 unspecified atom stereocenters. The van der Waals surface area contributed by atoms with E-state index in [1.54, 1.807) is 0 Å². The molecule has 1 heterocycles. The molecule has 1 aliphatic carbocycles. The van der Waals surface area contributed by atoms with Crippen molar-refractivity contribution in [2.24, 2.45) is 5.73 Å². The predicted molar refractivity (Wildman–Crippen MR) is 63.2 cm³/mol. The zero-order valence-electron chi connectivity index (χ0n) is 9.07. The lowest BCUT2D eigenvalue weighted by Gasteiger charge is -2.27. The van der Waals surface area contributed by atoms with E-state index in [1.165, 1.54) is 11.8 Å². The molecule has 2 rings (SSSR count). The van der Waals surface area contributed by atoms with Gasteiger partial charge in [0, 0.05) is 17.8 Å². The summed E-state index contributed by atoms with van der Waals surface area (Å²) in [4.78, 5) is 22.7. The lowest BCUT2D eigenvalue weighted by molar-refractivity contribution is -0.123. The van der Waals surface area contributed by atoms with Gasteiger partial charge in [-0.15, -0.1) is 0 Å². The first-order valence-electron chi connectivity index (χ1n) is 5.64. The molecule has 5 nitrogen and oxygen atoms in total. The maximum Gasteiger partial charge on any atom is 0.279 e. The third kappa shape index (κ3) is 2.89. The van der Waals surface area contributed by atoms with Crippen molar-refractivity contribution in [3.8, 4) is 0 Å². The second-order valence-corrected chi connectivity index (χ2v) is 5.41. The minimum absolute atomic E-state index is 0.0566. The van der Waals surface area contributed by atoms with E-state index >= 15 is 0 Å². The molecule has 0 aromatic rings. The SMILES string of the molecule is NC1CCC(NC(=O)C2CSC(=O)N2)CC1. The van der Waals surface area contributed by atoms with Crippen LogP contribution in [0.1, 0.15) is 25.7 Å². The molecule has 16 heavy (non-hydrogen) atoms. The third-order valence-electron chi connectivity index (χ3n) is 3.11. The highest BCUT2D eigenvalue weighted by Gasteiger charge is 2.30. The Morgan fingerprint density at radius 1 is 1.38 bits per heavy atom. The van der Waals surface area contributed by atoms with Gasteiger partial charge in [-0.3, -0.25) is 9.59 Å². The summed E-state index contributed by atoms with van der Waals surface area (Å²) in [5.74, 6) is 0.482. The van der Waals surface area contributed by atoms with E-state index in [0.29, 0.717) is 5.75 Å². The lowest BCUT2D eigenvalue weighted by atomic mass is 9.92. The summed E-state index contributed by atoms with van der Waals surface area (Å²) >= 11 is 1.17. The number of nitrogens with two attached hydrogens (primary N) is 1. The maximum absolute atomic E-state index is 11.8. The molecule has 0 aromatic carbocycles. The first-order valence-corrected chi connectivity index (χ1v) is 6.63. The summed E-state index contributed by atoms with van der Waals surface area (Å²) in [6.45, 7) is 0. The minimum atomic E-state index is -0.354. The van der Waals surface area contributed by atoms with Crippen LogP contribution >= 0.6 is 11.8 Å². The van der Waals surface area contributed by atoms with Gasteiger partial charge in [0.25, 0.3) is 5.24 Å². The number of amides is 2. The lowest BCUT2D eigenvalue weighted by Crippen LogP contribution is -2.48. The molecule has 0 bridgehead atoms. The van der Waals surface area contributed by atoms with Crippen molar-refractivity contribution in [1.82, 2.24) is 10.6 Å². The van der Waals surface area contributed by atoms with Crippen molar-refractivity contribution in [2.75, 3.05) is 5.75 Å². The number of carbonyl (C=O) groups is 2. The number of carbonyl (C=O) groups excluding carboxylic acids is 2. The molecule has 4 N–H and O–H groups in total. The van der Waals surface area contributed by atoms with Crippen LogP contribution in [0.4, 0.5) is 4.79 Å². The highest BCUT2D eigenvalue weighted by atomic mass is 32.2. The minimum Gasteiger partial charge on any atom is -0.352 e. The van der Waals surface area contributed by atoms with E-state index in [4.69, 9.17) is 5.73 Å². The molecule has 1 atom stereocenters. The number of hydrogen-bond acceptors (Lipinski definition) is 4. The molecule has 1 saturated heterocycles. The van der Waals surface area contributed by atoms with Gasteiger partial charge in [0.2, 0.25) is 5.91 Å². The summed E-state index contributed by atoms with van der Waals surface area (Å²) in [7, 11) is 0. The van der Waals surface area contributed by atoms with Gasteiger partial charge in [-0.05, 0) is 25.7 Å². The van der Waals surface area contributed by atoms with Crippen LogP contribution in [0.15, 0.2) is 0 Å². The second kappa shape index (κ2) is 5.05. The fourth-order valence-electron chi connectivity index (χ4n) is 2.09. The molecule has 6 heteroatoms. The Hall–Kier alpha value is -0.750. The second-order valence-electron chi connectivity index (χ2n) is 4.42. The van der Waals surface area contributed by atoms with E-state index in [1.807, 2.05) is 0 Å². The fourth-order valence-corrected chi connectivity index (χ4v) is 2.87. The summed E-state index contributed by atoms with van der Waals surface area (Å²) in [6.07, 6.45) is 3.83. The van der Waals surface area contributed by atoms with Crippen LogP contribution in [0.25, 0.3) is 0 Å². The molecule has 2 amide bonds. The van der Waals surface area contributed by atoms with Gasteiger partial charge in [-0.25, -0.2) is 0 Å². The van der Waals surface area contributed by atoms with Gasteiger partial charge in [0.1, 0.15) is 6.04 Å². The van der Waals surface area contributed by atoms with Gasteiger partial charge in [-0.2, -0.15) is 0 Å². The van der Waals surface area contributed by atoms with Gasteiger partial charge >= 0.3 is 0 Å². The standard InChI is InChI=1S/C10H17N3O2S/c11-6-1-3-7(4-2-6)12-9(14)8-5-16-10(15)13-8/h6-8H,1-5,11H2,(H,12,14)(H,13,15). The van der Waals surface area contributed by atoms with Crippen LogP contribution in [-0.4, -0.2) is 35.0 Å². The highest BCUT2D eigenvalue weighted by Crippen LogP contribution is 2.18. The predicted octanol–water partition coefficient (Wildman–Crippen LogP) is 0.197. The zero-order chi connectivity index (χ0) is 11.5. The molecule has 2 aliphatic rings. The van der Waals surface area contributed by atoms with Crippen molar-refractivity contribution in [3.63, 3.8) is 0 Å². The van der Waals surface area contributed by atoms with Gasteiger partial charge in [0.05, 0.1) is 0 Å². The Morgan fingerprint density at radius 3 is 2.62 bits per heavy atom. The van der Waals surface area contributed by atoms with Crippen molar-refractivity contribution in [3.05, 3.63) is 0 Å². The zero-order valence-corrected chi connectivity index (χ0v) is 9.89. The largest absolute Gasteiger partial charge is 0.352 e. The molecular formula is C10H17N3O2S. The monoisotopic (exact) mass is 243 g/mol. The number of hydrogen-bond donors (Lipinski definition) is 3. The Labute approximate surface area is 98.9 Å². The van der Waals surface area contributed by atoms with Crippen molar-refractivity contribution < 1.29 is 9.59 Å². The van der Waals surface area contributed by atoms with E-state index in [9.17, 15) is 9.59 Å². The summed E-state index contributed by atoms with van der Waals surface area (Å²) < 4.78 is 0. The number of thioether (sulfide) groups is 1. The number of nitrogens with one attached hydrogen (secondary N) is 2. The smallest absolute Gasteiger partial charge is 0.279 e. The normalized spacial score (nSPS) is 34.6. The highest BCUT2D eigenvalue weighted by molar-refractivity contribution is 8.14. The topological polar surface area (TPSA) is 84.2 Å². The first kappa shape index (κ1) is 11.7.